The highest BCUT2D eigenvalue weighted by Gasteiger charge is 2.11. The van der Waals surface area contributed by atoms with Gasteiger partial charge in [-0.05, 0) is 6.07 Å². The van der Waals surface area contributed by atoms with Crippen LogP contribution in [0.5, 0.6) is 0 Å². The summed E-state index contributed by atoms with van der Waals surface area (Å²) in [7, 11) is 1.32. The lowest BCUT2D eigenvalue weighted by Crippen LogP contribution is -2.27. The molecule has 1 amide bonds. The Hall–Kier alpha value is -1.92. The van der Waals surface area contributed by atoms with E-state index in [4.69, 9.17) is 11.6 Å². The SMILES string of the molecule is COC(=O)CCNC(=O)Cc1csc(-c2ccccc2Cl)n1. The van der Waals surface area contributed by atoms with Crippen molar-refractivity contribution in [2.75, 3.05) is 13.7 Å². The first kappa shape index (κ1) is 16.5. The molecule has 7 heteroatoms. The second-order valence-corrected chi connectivity index (χ2v) is 5.74. The molecule has 0 aliphatic rings. The number of rotatable bonds is 6. The van der Waals surface area contributed by atoms with Gasteiger partial charge in [-0.2, -0.15) is 0 Å². The van der Waals surface area contributed by atoms with E-state index in [1.807, 2.05) is 23.6 Å². The monoisotopic (exact) mass is 338 g/mol. The van der Waals surface area contributed by atoms with Crippen molar-refractivity contribution in [3.63, 3.8) is 0 Å². The van der Waals surface area contributed by atoms with E-state index < -0.39 is 0 Å². The average Bonchev–Trinajstić information content (AvgIpc) is 2.95. The topological polar surface area (TPSA) is 68.3 Å². The highest BCUT2D eigenvalue weighted by atomic mass is 35.5. The summed E-state index contributed by atoms with van der Waals surface area (Å²) in [5.74, 6) is -0.533. The molecule has 5 nitrogen and oxygen atoms in total. The van der Waals surface area contributed by atoms with Gasteiger partial charge < -0.3 is 10.1 Å². The van der Waals surface area contributed by atoms with Crippen LogP contribution in [0.4, 0.5) is 0 Å². The van der Waals surface area contributed by atoms with Crippen molar-refractivity contribution in [1.82, 2.24) is 10.3 Å². The molecule has 0 aliphatic carbocycles. The van der Waals surface area contributed by atoms with E-state index in [2.05, 4.69) is 15.0 Å². The molecule has 1 heterocycles. The summed E-state index contributed by atoms with van der Waals surface area (Å²) in [6, 6.07) is 7.44. The maximum absolute atomic E-state index is 11.8. The lowest BCUT2D eigenvalue weighted by molar-refractivity contribution is -0.140. The summed E-state index contributed by atoms with van der Waals surface area (Å²) < 4.78 is 4.50. The zero-order valence-electron chi connectivity index (χ0n) is 12.0. The number of esters is 1. The summed E-state index contributed by atoms with van der Waals surface area (Å²) in [5, 5.41) is 5.90. The van der Waals surface area contributed by atoms with E-state index in [-0.39, 0.29) is 31.3 Å². The number of carbonyl (C=O) groups excluding carboxylic acids is 2. The fourth-order valence-electron chi connectivity index (χ4n) is 1.78. The number of benzene rings is 1. The number of nitrogens with zero attached hydrogens (tertiary/aromatic N) is 1. The smallest absolute Gasteiger partial charge is 0.307 e. The van der Waals surface area contributed by atoms with Crippen molar-refractivity contribution >= 4 is 34.8 Å². The number of halogens is 1. The van der Waals surface area contributed by atoms with Gasteiger partial charge in [0.25, 0.3) is 0 Å². The Morgan fingerprint density at radius 3 is 2.86 bits per heavy atom. The van der Waals surface area contributed by atoms with Crippen LogP contribution >= 0.6 is 22.9 Å². The second-order valence-electron chi connectivity index (χ2n) is 4.48. The predicted molar refractivity (Wildman–Crippen MR) is 85.9 cm³/mol. The van der Waals surface area contributed by atoms with Gasteiger partial charge in [-0.3, -0.25) is 9.59 Å². The zero-order chi connectivity index (χ0) is 15.9. The maximum Gasteiger partial charge on any atom is 0.307 e. The molecule has 116 valence electrons. The Balaban J connectivity index is 1.91. The number of thiazole rings is 1. The summed E-state index contributed by atoms with van der Waals surface area (Å²) in [6.45, 7) is 0.257. The highest BCUT2D eigenvalue weighted by Crippen LogP contribution is 2.30. The molecule has 2 aromatic rings. The average molecular weight is 339 g/mol. The van der Waals surface area contributed by atoms with Crippen LogP contribution in [-0.2, 0) is 20.7 Å². The van der Waals surface area contributed by atoms with Crippen molar-refractivity contribution in [2.24, 2.45) is 0 Å². The number of nitrogens with one attached hydrogen (secondary N) is 1. The molecular weight excluding hydrogens is 324 g/mol. The van der Waals surface area contributed by atoms with Crippen LogP contribution in [-0.4, -0.2) is 30.5 Å². The zero-order valence-corrected chi connectivity index (χ0v) is 13.5. The third-order valence-corrected chi connectivity index (χ3v) is 4.13. The third kappa shape index (κ3) is 4.54. The van der Waals surface area contributed by atoms with E-state index in [1.165, 1.54) is 18.4 Å². The van der Waals surface area contributed by atoms with Crippen molar-refractivity contribution in [3.8, 4) is 10.6 Å². The first-order valence-electron chi connectivity index (χ1n) is 6.63. The van der Waals surface area contributed by atoms with Crippen LogP contribution in [0.15, 0.2) is 29.6 Å². The molecule has 0 saturated heterocycles. The van der Waals surface area contributed by atoms with Gasteiger partial charge in [0.2, 0.25) is 5.91 Å². The molecule has 1 aromatic heterocycles. The molecular formula is C15H15ClN2O3S. The molecule has 0 radical (unpaired) electrons. The molecule has 2 rings (SSSR count). The number of amides is 1. The molecule has 0 aliphatic heterocycles. The van der Waals surface area contributed by atoms with Crippen LogP contribution in [0.25, 0.3) is 10.6 Å². The van der Waals surface area contributed by atoms with Gasteiger partial charge in [-0.25, -0.2) is 4.98 Å². The Morgan fingerprint density at radius 1 is 1.36 bits per heavy atom. The molecule has 0 saturated carbocycles. The molecule has 0 atom stereocenters. The van der Waals surface area contributed by atoms with Crippen molar-refractivity contribution in [3.05, 3.63) is 40.4 Å². The van der Waals surface area contributed by atoms with Crippen LogP contribution < -0.4 is 5.32 Å². The van der Waals surface area contributed by atoms with Gasteiger partial charge in [-0.15, -0.1) is 11.3 Å². The second kappa shape index (κ2) is 7.91. The Kier molecular flexibility index (Phi) is 5.91. The molecule has 0 fully saturated rings. The Bertz CT molecular complexity index is 672. The molecule has 0 spiro atoms. The van der Waals surface area contributed by atoms with Gasteiger partial charge in [0.05, 0.1) is 30.7 Å². The predicted octanol–water partition coefficient (Wildman–Crippen LogP) is 2.69. The number of hydrogen-bond acceptors (Lipinski definition) is 5. The Morgan fingerprint density at radius 2 is 2.14 bits per heavy atom. The van der Waals surface area contributed by atoms with E-state index in [0.29, 0.717) is 10.7 Å². The normalized spacial score (nSPS) is 10.3. The lowest BCUT2D eigenvalue weighted by atomic mass is 10.2. The third-order valence-electron chi connectivity index (χ3n) is 2.88. The van der Waals surface area contributed by atoms with E-state index in [1.54, 1.807) is 6.07 Å². The van der Waals surface area contributed by atoms with Crippen molar-refractivity contribution < 1.29 is 14.3 Å². The number of carbonyl (C=O) groups is 2. The minimum Gasteiger partial charge on any atom is -0.469 e. The number of ether oxygens (including phenoxy) is 1. The number of aromatic nitrogens is 1. The van der Waals surface area contributed by atoms with E-state index in [9.17, 15) is 9.59 Å². The standard InChI is InChI=1S/C15H15ClN2O3S/c1-21-14(20)6-7-17-13(19)8-10-9-22-15(18-10)11-4-2-3-5-12(11)16/h2-5,9H,6-8H2,1H3,(H,17,19). The molecule has 0 unspecified atom stereocenters. The van der Waals surface area contributed by atoms with Gasteiger partial charge in [0.1, 0.15) is 5.01 Å². The van der Waals surface area contributed by atoms with Crippen LogP contribution in [0, 0.1) is 0 Å². The van der Waals surface area contributed by atoms with Gasteiger partial charge >= 0.3 is 5.97 Å². The van der Waals surface area contributed by atoms with Crippen LogP contribution in [0.2, 0.25) is 5.02 Å². The fourth-order valence-corrected chi connectivity index (χ4v) is 2.92. The van der Waals surface area contributed by atoms with E-state index >= 15 is 0 Å². The quantitative estimate of drug-likeness (QED) is 0.822. The van der Waals surface area contributed by atoms with Crippen molar-refractivity contribution in [1.29, 1.82) is 0 Å². The lowest BCUT2D eigenvalue weighted by Gasteiger charge is -2.03. The van der Waals surface area contributed by atoms with Gasteiger partial charge in [0, 0.05) is 17.5 Å². The largest absolute Gasteiger partial charge is 0.469 e. The van der Waals surface area contributed by atoms with Crippen molar-refractivity contribution in [2.45, 2.75) is 12.8 Å². The summed E-state index contributed by atoms with van der Waals surface area (Å²) in [6.07, 6.45) is 0.326. The highest BCUT2D eigenvalue weighted by molar-refractivity contribution is 7.13. The minimum absolute atomic E-state index is 0.157. The molecule has 22 heavy (non-hydrogen) atoms. The first-order valence-corrected chi connectivity index (χ1v) is 7.88. The number of methoxy groups -OCH3 is 1. The molecule has 1 N–H and O–H groups in total. The molecule has 1 aromatic carbocycles. The molecule has 0 bridgehead atoms. The summed E-state index contributed by atoms with van der Waals surface area (Å²) in [4.78, 5) is 27.1. The van der Waals surface area contributed by atoms with E-state index in [0.717, 1.165) is 10.6 Å². The summed E-state index contributed by atoms with van der Waals surface area (Å²) >= 11 is 7.57. The van der Waals surface area contributed by atoms with Crippen LogP contribution in [0.3, 0.4) is 0 Å². The first-order chi connectivity index (χ1) is 10.6. The van der Waals surface area contributed by atoms with Gasteiger partial charge in [-0.1, -0.05) is 29.8 Å². The minimum atomic E-state index is -0.352. The Labute approximate surface area is 137 Å². The van der Waals surface area contributed by atoms with Crippen LogP contribution in [0.1, 0.15) is 12.1 Å². The fraction of sp³-hybridized carbons (Fsp3) is 0.267. The maximum atomic E-state index is 11.8. The number of hydrogen-bond donors (Lipinski definition) is 1. The summed E-state index contributed by atoms with van der Waals surface area (Å²) in [5.41, 5.74) is 1.53. The van der Waals surface area contributed by atoms with Gasteiger partial charge in [0.15, 0.2) is 0 Å².